The average Bonchev–Trinajstić information content (AvgIpc) is 2.31. The number of hydrogen-bond acceptors (Lipinski definition) is 0. The first kappa shape index (κ1) is 11.6. The van der Waals surface area contributed by atoms with Crippen molar-refractivity contribution in [1.29, 1.82) is 0 Å². The molecule has 3 N–H and O–H groups in total. The Labute approximate surface area is 98.7 Å². The molecule has 1 heterocycles. The summed E-state index contributed by atoms with van der Waals surface area (Å²) in [6, 6.07) is 7.65. The second-order valence-electron chi connectivity index (χ2n) is 4.85. The van der Waals surface area contributed by atoms with E-state index in [4.69, 9.17) is 0 Å². The second-order valence-corrected chi connectivity index (χ2v) is 4.85. The highest BCUT2D eigenvalue weighted by atomic mass is 15.2. The van der Waals surface area contributed by atoms with E-state index in [1.54, 1.807) is 16.0 Å². The summed E-state index contributed by atoms with van der Waals surface area (Å²) in [4.78, 5) is 1.71. The van der Waals surface area contributed by atoms with Crippen molar-refractivity contribution in [2.24, 2.45) is 0 Å². The number of quaternary nitrogens is 2. The molecule has 0 aliphatic carbocycles. The highest BCUT2D eigenvalue weighted by Crippen LogP contribution is 2.18. The Morgan fingerprint density at radius 2 is 2.06 bits per heavy atom. The zero-order chi connectivity index (χ0) is 11.5. The first-order valence-corrected chi connectivity index (χ1v) is 6.52. The zero-order valence-corrected chi connectivity index (χ0v) is 10.7. The highest BCUT2D eigenvalue weighted by Gasteiger charge is 2.29. The van der Waals surface area contributed by atoms with Crippen LogP contribution >= 0.6 is 0 Å². The van der Waals surface area contributed by atoms with E-state index >= 15 is 0 Å². The average molecular weight is 220 g/mol. The van der Waals surface area contributed by atoms with Crippen LogP contribution in [0.25, 0.3) is 0 Å². The number of rotatable bonds is 3. The quantitative estimate of drug-likeness (QED) is 0.718. The lowest BCUT2D eigenvalue weighted by atomic mass is 9.94. The van der Waals surface area contributed by atoms with Gasteiger partial charge in [-0.15, -0.1) is 0 Å². The summed E-state index contributed by atoms with van der Waals surface area (Å²) in [7, 11) is 0. The number of nitrogens with two attached hydrogens (primary N) is 1. The molecule has 2 nitrogen and oxygen atoms in total. The third-order valence-corrected chi connectivity index (χ3v) is 3.84. The third kappa shape index (κ3) is 2.13. The first-order valence-electron chi connectivity index (χ1n) is 6.52. The van der Waals surface area contributed by atoms with Crippen molar-refractivity contribution in [3.05, 3.63) is 34.9 Å². The van der Waals surface area contributed by atoms with Gasteiger partial charge in [0.15, 0.2) is 6.04 Å². The fraction of sp³-hybridized carbons (Fsp3) is 0.571. The first-order chi connectivity index (χ1) is 7.76. The summed E-state index contributed by atoms with van der Waals surface area (Å²) >= 11 is 0. The van der Waals surface area contributed by atoms with Gasteiger partial charge in [-0.1, -0.05) is 17.7 Å². The Bertz CT molecular complexity index is 356. The fourth-order valence-electron chi connectivity index (χ4n) is 2.89. The second kappa shape index (κ2) is 4.98. The van der Waals surface area contributed by atoms with Crippen LogP contribution in [0.15, 0.2) is 18.2 Å². The molecular formula is C14H24N2+2. The van der Waals surface area contributed by atoms with Crippen molar-refractivity contribution >= 4 is 0 Å². The summed E-state index contributed by atoms with van der Waals surface area (Å²) in [5.41, 5.74) is 4.54. The van der Waals surface area contributed by atoms with Crippen LogP contribution in [0.4, 0.5) is 0 Å². The predicted octanol–water partition coefficient (Wildman–Crippen LogP) is 0.0378. The minimum absolute atomic E-state index is 0.693. The van der Waals surface area contributed by atoms with Gasteiger partial charge in [0, 0.05) is 11.1 Å². The maximum Gasteiger partial charge on any atom is 0.163 e. The molecule has 88 valence electrons. The lowest BCUT2D eigenvalue weighted by molar-refractivity contribution is -0.945. The fourth-order valence-corrected chi connectivity index (χ4v) is 2.89. The van der Waals surface area contributed by atoms with Crippen LogP contribution < -0.4 is 10.2 Å². The number of benzene rings is 1. The molecule has 1 aliphatic rings. The van der Waals surface area contributed by atoms with Gasteiger partial charge in [0.05, 0.1) is 13.1 Å². The predicted molar refractivity (Wildman–Crippen MR) is 66.5 cm³/mol. The molecule has 1 atom stereocenters. The molecule has 0 amide bonds. The SMILES string of the molecule is CC[NH+](CC)[C@H]1C[NH2+]Cc2ccc(C)cc21. The van der Waals surface area contributed by atoms with E-state index in [9.17, 15) is 0 Å². The summed E-state index contributed by atoms with van der Waals surface area (Å²) < 4.78 is 0. The highest BCUT2D eigenvalue weighted by molar-refractivity contribution is 5.33. The van der Waals surface area contributed by atoms with Gasteiger partial charge in [0.1, 0.15) is 13.1 Å². The Morgan fingerprint density at radius 1 is 1.31 bits per heavy atom. The summed E-state index contributed by atoms with van der Waals surface area (Å²) in [5, 5.41) is 2.45. The van der Waals surface area contributed by atoms with Gasteiger partial charge in [0.2, 0.25) is 0 Å². The Kier molecular flexibility index (Phi) is 3.62. The topological polar surface area (TPSA) is 21.1 Å². The Hall–Kier alpha value is -0.860. The van der Waals surface area contributed by atoms with Gasteiger partial charge >= 0.3 is 0 Å². The van der Waals surface area contributed by atoms with E-state index in [1.165, 1.54) is 25.2 Å². The molecule has 2 heteroatoms. The maximum absolute atomic E-state index is 2.45. The molecule has 0 unspecified atom stereocenters. The largest absolute Gasteiger partial charge is 0.337 e. The minimum atomic E-state index is 0.693. The number of aryl methyl sites for hydroxylation is 1. The van der Waals surface area contributed by atoms with Crippen molar-refractivity contribution in [1.82, 2.24) is 0 Å². The van der Waals surface area contributed by atoms with Gasteiger partial charge < -0.3 is 10.2 Å². The molecule has 1 aliphatic heterocycles. The Balaban J connectivity index is 2.34. The van der Waals surface area contributed by atoms with E-state index in [2.05, 4.69) is 44.3 Å². The van der Waals surface area contributed by atoms with E-state index in [0.717, 1.165) is 6.54 Å². The normalized spacial score (nSPS) is 19.9. The van der Waals surface area contributed by atoms with Crippen LogP contribution in [0.3, 0.4) is 0 Å². The van der Waals surface area contributed by atoms with Gasteiger partial charge in [-0.05, 0) is 26.8 Å². The van der Waals surface area contributed by atoms with E-state index in [-0.39, 0.29) is 0 Å². The summed E-state index contributed by atoms with van der Waals surface area (Å²) in [6.07, 6.45) is 0. The number of likely N-dealkylation sites (N-methyl/N-ethyl adjacent to an activating group) is 1. The lowest BCUT2D eigenvalue weighted by Gasteiger charge is -2.30. The number of nitrogens with one attached hydrogen (secondary N) is 1. The van der Waals surface area contributed by atoms with Crippen molar-refractivity contribution < 1.29 is 10.2 Å². The molecule has 0 saturated heterocycles. The molecule has 0 radical (unpaired) electrons. The van der Waals surface area contributed by atoms with Crippen LogP contribution in [0.2, 0.25) is 0 Å². The zero-order valence-electron chi connectivity index (χ0n) is 10.7. The third-order valence-electron chi connectivity index (χ3n) is 3.84. The van der Waals surface area contributed by atoms with Crippen molar-refractivity contribution in [2.45, 2.75) is 33.4 Å². The van der Waals surface area contributed by atoms with E-state index < -0.39 is 0 Å². The van der Waals surface area contributed by atoms with Crippen LogP contribution in [-0.2, 0) is 6.54 Å². The number of fused-ring (bicyclic) bond motifs is 1. The van der Waals surface area contributed by atoms with Crippen LogP contribution in [-0.4, -0.2) is 19.6 Å². The molecule has 1 aromatic rings. The molecule has 0 aromatic heterocycles. The molecule has 16 heavy (non-hydrogen) atoms. The minimum Gasteiger partial charge on any atom is -0.337 e. The maximum atomic E-state index is 2.45. The van der Waals surface area contributed by atoms with Crippen molar-refractivity contribution in [3.63, 3.8) is 0 Å². The molecule has 0 spiro atoms. The molecule has 1 aromatic carbocycles. The van der Waals surface area contributed by atoms with Gasteiger partial charge in [-0.25, -0.2) is 0 Å². The van der Waals surface area contributed by atoms with Crippen LogP contribution in [0.5, 0.6) is 0 Å². The van der Waals surface area contributed by atoms with E-state index in [1.807, 2.05) is 0 Å². The van der Waals surface area contributed by atoms with Crippen molar-refractivity contribution in [2.75, 3.05) is 19.6 Å². The molecule has 2 rings (SSSR count). The van der Waals surface area contributed by atoms with Crippen LogP contribution in [0.1, 0.15) is 36.6 Å². The standard InChI is InChI=1S/C14H22N2/c1-4-16(5-2)14-10-15-9-12-7-6-11(3)8-13(12)14/h6-8,14-15H,4-5,9-10H2,1-3H3/p+2/t14-/m0/s1. The monoisotopic (exact) mass is 220 g/mol. The molecule has 0 saturated carbocycles. The van der Waals surface area contributed by atoms with Crippen molar-refractivity contribution in [3.8, 4) is 0 Å². The molecular weight excluding hydrogens is 196 g/mol. The molecule has 0 bridgehead atoms. The van der Waals surface area contributed by atoms with E-state index in [0.29, 0.717) is 6.04 Å². The summed E-state index contributed by atoms with van der Waals surface area (Å²) in [5.74, 6) is 0. The smallest absolute Gasteiger partial charge is 0.163 e. The van der Waals surface area contributed by atoms with Gasteiger partial charge in [-0.3, -0.25) is 0 Å². The van der Waals surface area contributed by atoms with Crippen LogP contribution in [0, 0.1) is 6.92 Å². The molecule has 0 fully saturated rings. The number of hydrogen-bond donors (Lipinski definition) is 2. The Morgan fingerprint density at radius 3 is 2.75 bits per heavy atom. The van der Waals surface area contributed by atoms with Gasteiger partial charge in [-0.2, -0.15) is 0 Å². The summed E-state index contributed by atoms with van der Waals surface area (Å²) in [6.45, 7) is 11.6. The lowest BCUT2D eigenvalue weighted by Crippen LogP contribution is -3.14. The van der Waals surface area contributed by atoms with Gasteiger partial charge in [0.25, 0.3) is 0 Å².